The second-order valence-electron chi connectivity index (χ2n) is 3.77. The number of hydrogen-bond acceptors (Lipinski definition) is 3. The van der Waals surface area contributed by atoms with Gasteiger partial charge >= 0.3 is 0 Å². The van der Waals surface area contributed by atoms with Crippen LogP contribution in [0.4, 0.5) is 0 Å². The molecule has 0 bridgehead atoms. The van der Waals surface area contributed by atoms with Gasteiger partial charge in [0.05, 0.1) is 9.90 Å². The molecule has 0 fully saturated rings. The molecule has 1 rings (SSSR count). The number of hydrogen-bond donors (Lipinski definition) is 0. The molecule has 96 valence electrons. The maximum Gasteiger partial charge on any atom is 0.190 e. The lowest BCUT2D eigenvalue weighted by molar-refractivity contribution is 0.0753. The lowest BCUT2D eigenvalue weighted by Gasteiger charge is -2.02. The van der Waals surface area contributed by atoms with Gasteiger partial charge in [0.2, 0.25) is 0 Å². The smallest absolute Gasteiger partial charge is 0.190 e. The SMILES string of the molecule is CCCCCCOCC(=O)c1cc(Cl)sc1Cl. The lowest BCUT2D eigenvalue weighted by atomic mass is 10.2. The Morgan fingerprint density at radius 2 is 2.12 bits per heavy atom. The number of Topliss-reactive ketones (excluding diaryl/α,β-unsaturated/α-hetero) is 1. The molecule has 1 aromatic heterocycles. The Labute approximate surface area is 116 Å². The van der Waals surface area contributed by atoms with Crippen LogP contribution in [0.2, 0.25) is 8.67 Å². The molecule has 1 aromatic rings. The summed E-state index contributed by atoms with van der Waals surface area (Å²) in [4.78, 5) is 11.7. The van der Waals surface area contributed by atoms with E-state index in [2.05, 4.69) is 6.92 Å². The van der Waals surface area contributed by atoms with E-state index in [9.17, 15) is 4.79 Å². The fourth-order valence-corrected chi connectivity index (χ4v) is 2.90. The van der Waals surface area contributed by atoms with E-state index >= 15 is 0 Å². The topological polar surface area (TPSA) is 26.3 Å². The first-order valence-electron chi connectivity index (χ1n) is 5.71. The van der Waals surface area contributed by atoms with E-state index in [0.29, 0.717) is 20.8 Å². The van der Waals surface area contributed by atoms with Gasteiger partial charge < -0.3 is 4.74 Å². The molecule has 0 aliphatic rings. The average Bonchev–Trinajstić information content (AvgIpc) is 2.62. The van der Waals surface area contributed by atoms with E-state index in [4.69, 9.17) is 27.9 Å². The second-order valence-corrected chi connectivity index (χ2v) is 6.06. The van der Waals surface area contributed by atoms with Crippen molar-refractivity contribution in [1.29, 1.82) is 0 Å². The maximum absolute atomic E-state index is 11.7. The van der Waals surface area contributed by atoms with Gasteiger partial charge in [0.25, 0.3) is 0 Å². The normalized spacial score (nSPS) is 10.8. The quantitative estimate of drug-likeness (QED) is 0.507. The summed E-state index contributed by atoms with van der Waals surface area (Å²) in [6, 6.07) is 1.59. The summed E-state index contributed by atoms with van der Waals surface area (Å²) >= 11 is 12.9. The van der Waals surface area contributed by atoms with Crippen LogP contribution in [-0.4, -0.2) is 19.0 Å². The van der Waals surface area contributed by atoms with Gasteiger partial charge in [-0.05, 0) is 12.5 Å². The third kappa shape index (κ3) is 5.38. The van der Waals surface area contributed by atoms with E-state index in [0.717, 1.165) is 12.8 Å². The van der Waals surface area contributed by atoms with Crippen molar-refractivity contribution in [2.45, 2.75) is 32.6 Å². The first-order chi connectivity index (χ1) is 8.15. The number of rotatable bonds is 8. The Morgan fingerprint density at radius 1 is 1.35 bits per heavy atom. The van der Waals surface area contributed by atoms with Crippen LogP contribution in [0.5, 0.6) is 0 Å². The molecule has 0 aliphatic carbocycles. The third-order valence-electron chi connectivity index (χ3n) is 2.33. The van der Waals surface area contributed by atoms with Crippen molar-refractivity contribution in [2.75, 3.05) is 13.2 Å². The summed E-state index contributed by atoms with van der Waals surface area (Å²) in [6.07, 6.45) is 4.56. The standard InChI is InChI=1S/C12H16Cl2O2S/c1-2-3-4-5-6-16-8-10(15)9-7-11(13)17-12(9)14/h7H,2-6,8H2,1H3. The molecule has 0 aliphatic heterocycles. The highest BCUT2D eigenvalue weighted by Crippen LogP contribution is 2.31. The number of carbonyl (C=O) groups is 1. The summed E-state index contributed by atoms with van der Waals surface area (Å²) in [7, 11) is 0. The van der Waals surface area contributed by atoms with Crippen molar-refractivity contribution in [3.05, 3.63) is 20.3 Å². The lowest BCUT2D eigenvalue weighted by Crippen LogP contribution is -2.09. The van der Waals surface area contributed by atoms with Crippen molar-refractivity contribution < 1.29 is 9.53 Å². The highest BCUT2D eigenvalue weighted by molar-refractivity contribution is 7.20. The number of carbonyl (C=O) groups excluding carboxylic acids is 1. The van der Waals surface area contributed by atoms with E-state index in [-0.39, 0.29) is 12.4 Å². The molecule has 0 unspecified atom stereocenters. The van der Waals surface area contributed by atoms with E-state index in [1.165, 1.54) is 24.2 Å². The molecule has 0 saturated heterocycles. The van der Waals surface area contributed by atoms with Crippen LogP contribution in [0.25, 0.3) is 0 Å². The summed E-state index contributed by atoms with van der Waals surface area (Å²) < 4.78 is 6.28. The molecule has 17 heavy (non-hydrogen) atoms. The van der Waals surface area contributed by atoms with Crippen LogP contribution in [-0.2, 0) is 4.74 Å². The number of unbranched alkanes of at least 4 members (excludes halogenated alkanes) is 3. The number of thiophene rings is 1. The molecule has 0 N–H and O–H groups in total. The van der Waals surface area contributed by atoms with Crippen molar-refractivity contribution in [3.63, 3.8) is 0 Å². The van der Waals surface area contributed by atoms with E-state index < -0.39 is 0 Å². The minimum absolute atomic E-state index is 0.0822. The third-order valence-corrected chi connectivity index (χ3v) is 3.82. The van der Waals surface area contributed by atoms with E-state index in [1.54, 1.807) is 6.07 Å². The fourth-order valence-electron chi connectivity index (χ4n) is 1.40. The Kier molecular flexibility index (Phi) is 7.12. The molecular formula is C12H16Cl2O2S. The van der Waals surface area contributed by atoms with Gasteiger partial charge in [-0.15, -0.1) is 11.3 Å². The zero-order valence-corrected chi connectivity index (χ0v) is 12.1. The predicted octanol–water partition coefficient (Wildman–Crippen LogP) is 4.83. The van der Waals surface area contributed by atoms with Gasteiger partial charge in [-0.1, -0.05) is 49.4 Å². The summed E-state index contributed by atoms with van der Waals surface area (Å²) in [5, 5.41) is 0. The zero-order valence-electron chi connectivity index (χ0n) is 9.80. The van der Waals surface area contributed by atoms with Crippen LogP contribution < -0.4 is 0 Å². The number of halogens is 2. The van der Waals surface area contributed by atoms with Crippen LogP contribution in [0.3, 0.4) is 0 Å². The van der Waals surface area contributed by atoms with Crippen molar-refractivity contribution in [2.24, 2.45) is 0 Å². The van der Waals surface area contributed by atoms with Gasteiger partial charge in [0.15, 0.2) is 5.78 Å². The minimum atomic E-state index is -0.103. The van der Waals surface area contributed by atoms with Crippen LogP contribution in [0, 0.1) is 0 Å². The van der Waals surface area contributed by atoms with E-state index in [1.807, 2.05) is 0 Å². The Hall–Kier alpha value is -0.0900. The summed E-state index contributed by atoms with van der Waals surface area (Å²) in [5.41, 5.74) is 0.468. The van der Waals surface area contributed by atoms with Crippen LogP contribution in [0.1, 0.15) is 43.0 Å². The molecular weight excluding hydrogens is 279 g/mol. The van der Waals surface area contributed by atoms with Crippen LogP contribution >= 0.6 is 34.5 Å². The molecule has 0 aromatic carbocycles. The van der Waals surface area contributed by atoms with Crippen LogP contribution in [0.15, 0.2) is 6.07 Å². The second kappa shape index (κ2) is 8.09. The first kappa shape index (κ1) is 15.0. The molecule has 0 amide bonds. The largest absolute Gasteiger partial charge is 0.373 e. The van der Waals surface area contributed by atoms with Crippen molar-refractivity contribution in [1.82, 2.24) is 0 Å². The predicted molar refractivity (Wildman–Crippen MR) is 73.6 cm³/mol. The molecule has 0 saturated carbocycles. The molecule has 0 spiro atoms. The molecule has 5 heteroatoms. The Morgan fingerprint density at radius 3 is 2.71 bits per heavy atom. The highest BCUT2D eigenvalue weighted by Gasteiger charge is 2.13. The average molecular weight is 295 g/mol. The minimum Gasteiger partial charge on any atom is -0.373 e. The van der Waals surface area contributed by atoms with Gasteiger partial charge in [-0.25, -0.2) is 0 Å². The number of ether oxygens (including phenoxy) is 1. The van der Waals surface area contributed by atoms with Crippen molar-refractivity contribution in [3.8, 4) is 0 Å². The number of ketones is 1. The van der Waals surface area contributed by atoms with Gasteiger partial charge in [-0.3, -0.25) is 4.79 Å². The zero-order chi connectivity index (χ0) is 12.7. The molecule has 2 nitrogen and oxygen atoms in total. The summed E-state index contributed by atoms with van der Waals surface area (Å²) in [5.74, 6) is -0.103. The summed E-state index contributed by atoms with van der Waals surface area (Å²) in [6.45, 7) is 2.87. The van der Waals surface area contributed by atoms with Gasteiger partial charge in [0.1, 0.15) is 10.9 Å². The Balaban J connectivity index is 2.23. The van der Waals surface area contributed by atoms with Gasteiger partial charge in [-0.2, -0.15) is 0 Å². The molecule has 1 heterocycles. The van der Waals surface area contributed by atoms with Crippen molar-refractivity contribution >= 4 is 40.3 Å². The first-order valence-corrected chi connectivity index (χ1v) is 7.28. The molecule has 0 radical (unpaired) electrons. The monoisotopic (exact) mass is 294 g/mol. The fraction of sp³-hybridized carbons (Fsp3) is 0.583. The molecule has 0 atom stereocenters. The highest BCUT2D eigenvalue weighted by atomic mass is 35.5. The maximum atomic E-state index is 11.7. The Bertz CT molecular complexity index is 363. The van der Waals surface area contributed by atoms with Gasteiger partial charge in [0, 0.05) is 6.61 Å².